The molecule has 1 aliphatic carbocycles. The van der Waals surface area contributed by atoms with Gasteiger partial charge in [0.25, 0.3) is 0 Å². The highest BCUT2D eigenvalue weighted by molar-refractivity contribution is 5.78. The molecule has 1 aromatic rings. The van der Waals surface area contributed by atoms with E-state index in [1.165, 1.54) is 37.5 Å². The van der Waals surface area contributed by atoms with Crippen LogP contribution >= 0.6 is 0 Å². The highest BCUT2D eigenvalue weighted by atomic mass is 19.4. The quantitative estimate of drug-likeness (QED) is 0.805. The molecule has 0 radical (unpaired) electrons. The van der Waals surface area contributed by atoms with E-state index >= 15 is 0 Å². The number of likely N-dealkylation sites (N-methyl/N-ethyl adjacent to an activating group) is 1. The molecular weight excluding hydrogens is 333 g/mol. The van der Waals surface area contributed by atoms with Crippen LogP contribution in [0, 0.1) is 0 Å². The van der Waals surface area contributed by atoms with Gasteiger partial charge in [0.1, 0.15) is 5.75 Å². The fraction of sp³-hybridized carbons (Fsp3) is 0.611. The third kappa shape index (κ3) is 6.57. The van der Waals surface area contributed by atoms with Gasteiger partial charge in [0.15, 0.2) is 0 Å². The number of nitrogens with one attached hydrogen (secondary N) is 1. The van der Waals surface area contributed by atoms with Crippen LogP contribution in [-0.4, -0.2) is 36.3 Å². The van der Waals surface area contributed by atoms with Gasteiger partial charge in [0, 0.05) is 18.2 Å². The SMILES string of the molecule is CCN(CC(=O)NCc1ccccc1OC(F)(F)F)C1CCCCC1. The van der Waals surface area contributed by atoms with Gasteiger partial charge < -0.3 is 10.1 Å². The summed E-state index contributed by atoms with van der Waals surface area (Å²) < 4.78 is 41.3. The monoisotopic (exact) mass is 358 g/mol. The predicted octanol–water partition coefficient (Wildman–Crippen LogP) is 3.86. The Balaban J connectivity index is 1.89. The molecule has 1 amide bonds. The van der Waals surface area contributed by atoms with Crippen LogP contribution in [0.4, 0.5) is 13.2 Å². The summed E-state index contributed by atoms with van der Waals surface area (Å²) in [5.74, 6) is -0.468. The van der Waals surface area contributed by atoms with E-state index in [0.717, 1.165) is 19.4 Å². The van der Waals surface area contributed by atoms with Crippen molar-refractivity contribution in [2.45, 2.75) is 58.0 Å². The van der Waals surface area contributed by atoms with Crippen molar-refractivity contribution < 1.29 is 22.7 Å². The van der Waals surface area contributed by atoms with E-state index in [0.29, 0.717) is 11.6 Å². The van der Waals surface area contributed by atoms with Crippen LogP contribution < -0.4 is 10.1 Å². The van der Waals surface area contributed by atoms with Gasteiger partial charge in [-0.25, -0.2) is 0 Å². The van der Waals surface area contributed by atoms with Crippen molar-refractivity contribution in [1.82, 2.24) is 10.2 Å². The number of halogens is 3. The Morgan fingerprint density at radius 1 is 1.24 bits per heavy atom. The highest BCUT2D eigenvalue weighted by Gasteiger charge is 2.32. The standard InChI is InChI=1S/C18H25F3N2O2/c1-2-23(15-9-4-3-5-10-15)13-17(24)22-12-14-8-6-7-11-16(14)25-18(19,20)21/h6-8,11,15H,2-5,9-10,12-13H2,1H3,(H,22,24). The first-order valence-electron chi connectivity index (χ1n) is 8.73. The van der Waals surface area contributed by atoms with Crippen molar-refractivity contribution in [3.8, 4) is 5.75 Å². The third-order valence-electron chi connectivity index (χ3n) is 4.52. The average molecular weight is 358 g/mol. The van der Waals surface area contributed by atoms with Crippen LogP contribution in [-0.2, 0) is 11.3 Å². The molecule has 0 heterocycles. The predicted molar refractivity (Wildman–Crippen MR) is 89.1 cm³/mol. The van der Waals surface area contributed by atoms with Crippen LogP contribution in [0.2, 0.25) is 0 Å². The lowest BCUT2D eigenvalue weighted by molar-refractivity contribution is -0.274. The van der Waals surface area contributed by atoms with E-state index in [1.54, 1.807) is 6.07 Å². The number of benzene rings is 1. The molecule has 0 unspecified atom stereocenters. The minimum absolute atomic E-state index is 0.00725. The van der Waals surface area contributed by atoms with Crippen molar-refractivity contribution in [3.05, 3.63) is 29.8 Å². The molecule has 1 N–H and O–H groups in total. The van der Waals surface area contributed by atoms with E-state index in [2.05, 4.69) is 15.0 Å². The topological polar surface area (TPSA) is 41.6 Å². The smallest absolute Gasteiger partial charge is 0.405 e. The van der Waals surface area contributed by atoms with Gasteiger partial charge in [-0.2, -0.15) is 0 Å². The first kappa shape index (κ1) is 19.6. The maximum absolute atomic E-state index is 12.4. The van der Waals surface area contributed by atoms with Gasteiger partial charge >= 0.3 is 6.36 Å². The Labute approximate surface area is 146 Å². The average Bonchev–Trinajstić information content (AvgIpc) is 2.58. The Bertz CT molecular complexity index is 557. The number of hydrogen-bond donors (Lipinski definition) is 1. The zero-order valence-electron chi connectivity index (χ0n) is 14.4. The lowest BCUT2D eigenvalue weighted by atomic mass is 9.94. The number of ether oxygens (including phenoxy) is 1. The molecule has 1 saturated carbocycles. The summed E-state index contributed by atoms with van der Waals surface area (Å²) in [6, 6.07) is 6.26. The van der Waals surface area contributed by atoms with E-state index in [-0.39, 0.29) is 24.7 Å². The lowest BCUT2D eigenvalue weighted by Crippen LogP contribution is -2.43. The van der Waals surface area contributed by atoms with Crippen LogP contribution in [0.15, 0.2) is 24.3 Å². The van der Waals surface area contributed by atoms with E-state index in [1.807, 2.05) is 6.92 Å². The molecule has 1 fully saturated rings. The normalized spacial score (nSPS) is 16.0. The van der Waals surface area contributed by atoms with Gasteiger partial charge in [0.05, 0.1) is 6.54 Å². The van der Waals surface area contributed by atoms with Crippen molar-refractivity contribution in [3.63, 3.8) is 0 Å². The summed E-state index contributed by atoms with van der Waals surface area (Å²) in [5.41, 5.74) is 0.300. The molecular formula is C18H25F3N2O2. The number of hydrogen-bond acceptors (Lipinski definition) is 3. The van der Waals surface area contributed by atoms with Crippen LogP contribution in [0.1, 0.15) is 44.6 Å². The van der Waals surface area contributed by atoms with Crippen LogP contribution in [0.3, 0.4) is 0 Å². The molecule has 0 atom stereocenters. The summed E-state index contributed by atoms with van der Waals surface area (Å²) in [4.78, 5) is 14.4. The summed E-state index contributed by atoms with van der Waals surface area (Å²) in [7, 11) is 0. The molecule has 1 aliphatic rings. The molecule has 0 aliphatic heterocycles. The second-order valence-electron chi connectivity index (χ2n) is 6.29. The van der Waals surface area contributed by atoms with Crippen molar-refractivity contribution in [2.75, 3.05) is 13.1 Å². The number of para-hydroxylation sites is 1. The summed E-state index contributed by atoms with van der Waals surface area (Å²) in [6.45, 7) is 3.08. The Kier molecular flexibility index (Phi) is 7.11. The summed E-state index contributed by atoms with van der Waals surface area (Å²) in [5, 5.41) is 2.70. The lowest BCUT2D eigenvalue weighted by Gasteiger charge is -2.32. The van der Waals surface area contributed by atoms with Gasteiger partial charge in [-0.05, 0) is 25.5 Å². The maximum atomic E-state index is 12.4. The van der Waals surface area contributed by atoms with Crippen molar-refractivity contribution in [2.24, 2.45) is 0 Å². The molecule has 1 aromatic carbocycles. The van der Waals surface area contributed by atoms with E-state index < -0.39 is 6.36 Å². The number of amides is 1. The second kappa shape index (κ2) is 9.08. The summed E-state index contributed by atoms with van der Waals surface area (Å²) >= 11 is 0. The zero-order chi connectivity index (χ0) is 18.3. The molecule has 0 aromatic heterocycles. The Morgan fingerprint density at radius 2 is 1.92 bits per heavy atom. The number of alkyl halides is 3. The molecule has 2 rings (SSSR count). The van der Waals surface area contributed by atoms with Crippen LogP contribution in [0.5, 0.6) is 5.75 Å². The molecule has 25 heavy (non-hydrogen) atoms. The fourth-order valence-corrected chi connectivity index (χ4v) is 3.25. The van der Waals surface area contributed by atoms with Gasteiger partial charge in [-0.3, -0.25) is 9.69 Å². The largest absolute Gasteiger partial charge is 0.573 e. The van der Waals surface area contributed by atoms with Crippen molar-refractivity contribution in [1.29, 1.82) is 0 Å². The Hall–Kier alpha value is -1.76. The molecule has 4 nitrogen and oxygen atoms in total. The highest BCUT2D eigenvalue weighted by Crippen LogP contribution is 2.26. The number of nitrogens with zero attached hydrogens (tertiary/aromatic N) is 1. The van der Waals surface area contributed by atoms with Gasteiger partial charge in [-0.1, -0.05) is 44.4 Å². The van der Waals surface area contributed by atoms with Gasteiger partial charge in [-0.15, -0.1) is 13.2 Å². The molecule has 0 spiro atoms. The number of carbonyl (C=O) groups excluding carboxylic acids is 1. The molecule has 7 heteroatoms. The van der Waals surface area contributed by atoms with E-state index in [9.17, 15) is 18.0 Å². The first-order valence-corrected chi connectivity index (χ1v) is 8.73. The third-order valence-corrected chi connectivity index (χ3v) is 4.52. The Morgan fingerprint density at radius 3 is 2.56 bits per heavy atom. The fourth-order valence-electron chi connectivity index (χ4n) is 3.25. The van der Waals surface area contributed by atoms with Gasteiger partial charge in [0.2, 0.25) is 5.91 Å². The molecule has 0 saturated heterocycles. The molecule has 0 bridgehead atoms. The first-order chi connectivity index (χ1) is 11.9. The van der Waals surface area contributed by atoms with Crippen molar-refractivity contribution >= 4 is 5.91 Å². The van der Waals surface area contributed by atoms with Crippen LogP contribution in [0.25, 0.3) is 0 Å². The minimum Gasteiger partial charge on any atom is -0.405 e. The summed E-state index contributed by atoms with van der Waals surface area (Å²) in [6.07, 6.45) is 1.07. The second-order valence-corrected chi connectivity index (χ2v) is 6.29. The number of carbonyl (C=O) groups is 1. The zero-order valence-corrected chi connectivity index (χ0v) is 14.4. The molecule has 140 valence electrons. The minimum atomic E-state index is -4.75. The van der Waals surface area contributed by atoms with E-state index in [4.69, 9.17) is 0 Å². The number of rotatable bonds is 7. The maximum Gasteiger partial charge on any atom is 0.573 e.